The molecule has 1 atom stereocenters. The zero-order valence-corrected chi connectivity index (χ0v) is 10.7. The van der Waals surface area contributed by atoms with Gasteiger partial charge in [-0.3, -0.25) is 10.3 Å². The van der Waals surface area contributed by atoms with Crippen molar-refractivity contribution in [3.8, 4) is 0 Å². The molecule has 0 amide bonds. The van der Waals surface area contributed by atoms with Crippen LogP contribution >= 0.6 is 0 Å². The van der Waals surface area contributed by atoms with Crippen LogP contribution in [0.5, 0.6) is 0 Å². The van der Waals surface area contributed by atoms with Crippen molar-refractivity contribution >= 4 is 5.84 Å². The molecular weight excluding hydrogens is 229 g/mol. The van der Waals surface area contributed by atoms with E-state index in [-0.39, 0.29) is 11.7 Å². The molecule has 0 aliphatic carbocycles. The minimum absolute atomic E-state index is 0.0586. The molecule has 0 spiro atoms. The quantitative estimate of drug-likeness (QED) is 0.636. The molecule has 0 radical (unpaired) electrons. The Labute approximate surface area is 107 Å². The summed E-state index contributed by atoms with van der Waals surface area (Å²) in [6.07, 6.45) is 3.58. The molecule has 0 saturated carbocycles. The predicted molar refractivity (Wildman–Crippen MR) is 71.1 cm³/mol. The summed E-state index contributed by atoms with van der Waals surface area (Å²) in [7, 11) is 0. The minimum Gasteiger partial charge on any atom is -0.384 e. The third-order valence-corrected chi connectivity index (χ3v) is 3.71. The van der Waals surface area contributed by atoms with Crippen LogP contribution in [0.1, 0.15) is 37.3 Å². The summed E-state index contributed by atoms with van der Waals surface area (Å²) in [6, 6.07) is 5.15. The number of nitrogens with zero attached hydrogens (tertiary/aromatic N) is 1. The summed E-state index contributed by atoms with van der Waals surface area (Å²) in [4.78, 5) is 2.40. The lowest BCUT2D eigenvalue weighted by Crippen LogP contribution is -2.29. The molecule has 0 bridgehead atoms. The highest BCUT2D eigenvalue weighted by Gasteiger charge is 2.23. The number of rotatable bonds is 4. The van der Waals surface area contributed by atoms with Crippen LogP contribution < -0.4 is 5.73 Å². The van der Waals surface area contributed by atoms with Gasteiger partial charge >= 0.3 is 0 Å². The molecule has 1 fully saturated rings. The molecule has 3 N–H and O–H groups in total. The van der Waals surface area contributed by atoms with Crippen molar-refractivity contribution in [1.82, 2.24) is 4.90 Å². The Morgan fingerprint density at radius 2 is 2.33 bits per heavy atom. The third-order valence-electron chi connectivity index (χ3n) is 3.71. The number of amidine groups is 1. The van der Waals surface area contributed by atoms with Gasteiger partial charge in [-0.1, -0.05) is 13.0 Å². The average Bonchev–Trinajstić information content (AvgIpc) is 2.78. The summed E-state index contributed by atoms with van der Waals surface area (Å²) in [5, 5.41) is 7.53. The van der Waals surface area contributed by atoms with Crippen molar-refractivity contribution < 1.29 is 4.39 Å². The van der Waals surface area contributed by atoms with E-state index in [2.05, 4.69) is 11.8 Å². The molecule has 4 heteroatoms. The number of nitrogen functional groups attached to an aromatic ring is 1. The molecule has 1 aliphatic rings. The van der Waals surface area contributed by atoms with Gasteiger partial charge in [0.05, 0.1) is 0 Å². The van der Waals surface area contributed by atoms with Gasteiger partial charge in [0.2, 0.25) is 0 Å². The number of halogens is 1. The lowest BCUT2D eigenvalue weighted by atomic mass is 10.0. The SMILES string of the molecule is CCC1CCCN1Cc1ccc(F)cc1C(=N)N. The second-order valence-electron chi connectivity index (χ2n) is 4.89. The Kier molecular flexibility index (Phi) is 3.97. The summed E-state index contributed by atoms with van der Waals surface area (Å²) in [6.45, 7) is 4.03. The normalized spacial score (nSPS) is 20.2. The lowest BCUT2D eigenvalue weighted by Gasteiger charge is -2.24. The summed E-state index contributed by atoms with van der Waals surface area (Å²) < 4.78 is 13.2. The molecule has 1 aromatic carbocycles. The van der Waals surface area contributed by atoms with E-state index in [4.69, 9.17) is 11.1 Å². The van der Waals surface area contributed by atoms with Gasteiger partial charge in [0.15, 0.2) is 0 Å². The first-order chi connectivity index (χ1) is 8.61. The van der Waals surface area contributed by atoms with E-state index < -0.39 is 0 Å². The molecule has 3 nitrogen and oxygen atoms in total. The van der Waals surface area contributed by atoms with Crippen molar-refractivity contribution in [3.05, 3.63) is 35.1 Å². The van der Waals surface area contributed by atoms with Crippen LogP contribution in [0.15, 0.2) is 18.2 Å². The Morgan fingerprint density at radius 3 is 3.00 bits per heavy atom. The Hall–Kier alpha value is -1.42. The monoisotopic (exact) mass is 249 g/mol. The van der Waals surface area contributed by atoms with E-state index in [9.17, 15) is 4.39 Å². The van der Waals surface area contributed by atoms with E-state index in [0.29, 0.717) is 11.6 Å². The molecule has 1 unspecified atom stereocenters. The zero-order chi connectivity index (χ0) is 13.1. The van der Waals surface area contributed by atoms with Gasteiger partial charge in [0.1, 0.15) is 11.7 Å². The molecule has 1 saturated heterocycles. The topological polar surface area (TPSA) is 53.1 Å². The van der Waals surface area contributed by atoms with Gasteiger partial charge in [-0.15, -0.1) is 0 Å². The van der Waals surface area contributed by atoms with Crippen LogP contribution in [0, 0.1) is 11.2 Å². The maximum Gasteiger partial charge on any atom is 0.123 e. The van der Waals surface area contributed by atoms with E-state index in [0.717, 1.165) is 25.1 Å². The Morgan fingerprint density at radius 1 is 1.56 bits per heavy atom. The smallest absolute Gasteiger partial charge is 0.123 e. The van der Waals surface area contributed by atoms with Gasteiger partial charge in [-0.2, -0.15) is 0 Å². The molecule has 1 heterocycles. The summed E-state index contributed by atoms with van der Waals surface area (Å²) in [5.41, 5.74) is 7.00. The van der Waals surface area contributed by atoms with Gasteiger partial charge in [-0.05, 0) is 43.5 Å². The first kappa shape index (κ1) is 13.0. The Bertz CT molecular complexity index is 445. The van der Waals surface area contributed by atoms with Crippen molar-refractivity contribution in [1.29, 1.82) is 5.41 Å². The second kappa shape index (κ2) is 5.48. The average molecular weight is 249 g/mol. The fourth-order valence-corrected chi connectivity index (χ4v) is 2.72. The molecule has 2 rings (SSSR count). The van der Waals surface area contributed by atoms with Crippen molar-refractivity contribution in [2.24, 2.45) is 5.73 Å². The number of nitrogens with two attached hydrogens (primary N) is 1. The first-order valence-corrected chi connectivity index (χ1v) is 6.48. The van der Waals surface area contributed by atoms with Crippen molar-refractivity contribution in [2.75, 3.05) is 6.54 Å². The van der Waals surface area contributed by atoms with Gasteiger partial charge in [0.25, 0.3) is 0 Å². The van der Waals surface area contributed by atoms with E-state index in [1.807, 2.05) is 0 Å². The predicted octanol–water partition coefficient (Wildman–Crippen LogP) is 2.48. The molecule has 1 aromatic rings. The van der Waals surface area contributed by atoms with Crippen LogP contribution in [0.25, 0.3) is 0 Å². The minimum atomic E-state index is -0.336. The molecule has 0 aromatic heterocycles. The maximum atomic E-state index is 13.2. The standard InChI is InChI=1S/C14H20FN3/c1-2-12-4-3-7-18(12)9-10-5-6-11(15)8-13(10)14(16)17/h5-6,8,12H,2-4,7,9H2,1H3,(H3,16,17). The maximum absolute atomic E-state index is 13.2. The number of hydrogen-bond acceptors (Lipinski definition) is 2. The van der Waals surface area contributed by atoms with Crippen molar-refractivity contribution in [2.45, 2.75) is 38.8 Å². The van der Waals surface area contributed by atoms with E-state index >= 15 is 0 Å². The van der Waals surface area contributed by atoms with E-state index in [1.165, 1.54) is 25.0 Å². The molecular formula is C14H20FN3. The largest absolute Gasteiger partial charge is 0.384 e. The van der Waals surface area contributed by atoms with Crippen LogP contribution in [-0.2, 0) is 6.54 Å². The molecule has 1 aliphatic heterocycles. The zero-order valence-electron chi connectivity index (χ0n) is 10.7. The van der Waals surface area contributed by atoms with Gasteiger partial charge in [-0.25, -0.2) is 4.39 Å². The fourth-order valence-electron chi connectivity index (χ4n) is 2.72. The fraction of sp³-hybridized carbons (Fsp3) is 0.500. The highest BCUT2D eigenvalue weighted by molar-refractivity contribution is 5.96. The van der Waals surface area contributed by atoms with E-state index in [1.54, 1.807) is 6.07 Å². The number of benzene rings is 1. The number of likely N-dealkylation sites (tertiary alicyclic amines) is 1. The highest BCUT2D eigenvalue weighted by Crippen LogP contribution is 2.23. The van der Waals surface area contributed by atoms with Gasteiger partial charge < -0.3 is 5.73 Å². The number of hydrogen-bond donors (Lipinski definition) is 2. The van der Waals surface area contributed by atoms with Crippen LogP contribution in [0.2, 0.25) is 0 Å². The second-order valence-corrected chi connectivity index (χ2v) is 4.89. The van der Waals surface area contributed by atoms with Crippen LogP contribution in [0.4, 0.5) is 4.39 Å². The van der Waals surface area contributed by atoms with Gasteiger partial charge in [0, 0.05) is 18.2 Å². The van der Waals surface area contributed by atoms with Crippen molar-refractivity contribution in [3.63, 3.8) is 0 Å². The summed E-state index contributed by atoms with van der Waals surface area (Å²) >= 11 is 0. The van der Waals surface area contributed by atoms with Crippen LogP contribution in [-0.4, -0.2) is 23.3 Å². The lowest BCUT2D eigenvalue weighted by molar-refractivity contribution is 0.240. The summed E-state index contributed by atoms with van der Waals surface area (Å²) in [5.74, 6) is -0.394. The molecule has 98 valence electrons. The third kappa shape index (κ3) is 2.70. The van der Waals surface area contributed by atoms with Crippen LogP contribution in [0.3, 0.4) is 0 Å². The molecule has 18 heavy (non-hydrogen) atoms. The Balaban J connectivity index is 2.20. The number of nitrogens with one attached hydrogen (secondary N) is 1. The first-order valence-electron chi connectivity index (χ1n) is 6.48. The highest BCUT2D eigenvalue weighted by atomic mass is 19.1.